The molecule has 1 aliphatic rings. The van der Waals surface area contributed by atoms with E-state index in [1.165, 1.54) is 0 Å². The van der Waals surface area contributed by atoms with Crippen molar-refractivity contribution >= 4 is 11.6 Å². The van der Waals surface area contributed by atoms with Gasteiger partial charge in [-0.25, -0.2) is 0 Å². The molecule has 1 heterocycles. The molecule has 4 heteroatoms. The Labute approximate surface area is 116 Å². The van der Waals surface area contributed by atoms with Gasteiger partial charge in [-0.3, -0.25) is 0 Å². The van der Waals surface area contributed by atoms with Crippen molar-refractivity contribution in [1.29, 1.82) is 0 Å². The number of rotatable bonds is 2. The highest BCUT2D eigenvalue weighted by atomic mass is 35.5. The van der Waals surface area contributed by atoms with Crippen LogP contribution in [-0.2, 0) is 0 Å². The molecule has 0 saturated heterocycles. The van der Waals surface area contributed by atoms with Gasteiger partial charge in [-0.05, 0) is 12.1 Å². The van der Waals surface area contributed by atoms with E-state index < -0.39 is 0 Å². The van der Waals surface area contributed by atoms with E-state index in [1.54, 1.807) is 0 Å². The van der Waals surface area contributed by atoms with Gasteiger partial charge in [0, 0.05) is 22.7 Å². The number of para-hydroxylation sites is 1. The van der Waals surface area contributed by atoms with Gasteiger partial charge in [0.25, 0.3) is 0 Å². The molecule has 1 atom stereocenters. The molecule has 0 fully saturated rings. The third kappa shape index (κ3) is 2.27. The Bertz CT molecular complexity index is 600. The van der Waals surface area contributed by atoms with E-state index >= 15 is 0 Å². The van der Waals surface area contributed by atoms with Crippen molar-refractivity contribution in [3.8, 4) is 22.6 Å². The first-order chi connectivity index (χ1) is 9.29. The fourth-order valence-corrected chi connectivity index (χ4v) is 2.38. The summed E-state index contributed by atoms with van der Waals surface area (Å²) in [5, 5.41) is 0.689. The second kappa shape index (κ2) is 5.11. The summed E-state index contributed by atoms with van der Waals surface area (Å²) in [6, 6.07) is 13.5. The zero-order valence-corrected chi connectivity index (χ0v) is 11.1. The van der Waals surface area contributed by atoms with Crippen LogP contribution >= 0.6 is 11.6 Å². The van der Waals surface area contributed by atoms with Gasteiger partial charge in [-0.2, -0.15) is 0 Å². The van der Waals surface area contributed by atoms with Gasteiger partial charge < -0.3 is 15.2 Å². The highest BCUT2D eigenvalue weighted by Gasteiger charge is 2.23. The molecule has 19 heavy (non-hydrogen) atoms. The lowest BCUT2D eigenvalue weighted by Crippen LogP contribution is -2.35. The predicted molar refractivity (Wildman–Crippen MR) is 75.9 cm³/mol. The topological polar surface area (TPSA) is 44.5 Å². The lowest BCUT2D eigenvalue weighted by atomic mass is 10.0. The first-order valence-electron chi connectivity index (χ1n) is 6.17. The van der Waals surface area contributed by atoms with Crippen molar-refractivity contribution in [2.75, 3.05) is 13.2 Å². The number of nitrogens with two attached hydrogens (primary N) is 1. The summed E-state index contributed by atoms with van der Waals surface area (Å²) >= 11 is 6.25. The van der Waals surface area contributed by atoms with Crippen molar-refractivity contribution in [2.45, 2.75) is 6.10 Å². The molecule has 0 aliphatic carbocycles. The molecule has 0 aromatic heterocycles. The van der Waals surface area contributed by atoms with E-state index in [4.69, 9.17) is 26.8 Å². The van der Waals surface area contributed by atoms with Crippen LogP contribution in [0.5, 0.6) is 11.5 Å². The fraction of sp³-hybridized carbons (Fsp3) is 0.200. The zero-order valence-electron chi connectivity index (χ0n) is 10.3. The molecule has 0 saturated carbocycles. The average molecular weight is 276 g/mol. The van der Waals surface area contributed by atoms with Gasteiger partial charge in [-0.1, -0.05) is 41.9 Å². The number of fused-ring (bicyclic) bond motifs is 1. The van der Waals surface area contributed by atoms with Crippen molar-refractivity contribution in [1.82, 2.24) is 0 Å². The Hall–Kier alpha value is -1.71. The van der Waals surface area contributed by atoms with Crippen LogP contribution in [0.1, 0.15) is 0 Å². The van der Waals surface area contributed by atoms with Crippen molar-refractivity contribution in [3.63, 3.8) is 0 Å². The number of halogens is 1. The number of hydrogen-bond acceptors (Lipinski definition) is 3. The smallest absolute Gasteiger partial charge is 0.169 e. The summed E-state index contributed by atoms with van der Waals surface area (Å²) in [7, 11) is 0. The van der Waals surface area contributed by atoms with Crippen LogP contribution in [0.15, 0.2) is 42.5 Å². The molecule has 2 aromatic carbocycles. The van der Waals surface area contributed by atoms with E-state index in [1.807, 2.05) is 42.5 Å². The first kappa shape index (κ1) is 12.3. The van der Waals surface area contributed by atoms with Crippen LogP contribution in [0.25, 0.3) is 11.1 Å². The molecule has 0 bridgehead atoms. The third-order valence-electron chi connectivity index (χ3n) is 3.12. The Morgan fingerprint density at radius 2 is 1.89 bits per heavy atom. The third-order valence-corrected chi connectivity index (χ3v) is 3.44. The Morgan fingerprint density at radius 1 is 1.11 bits per heavy atom. The monoisotopic (exact) mass is 275 g/mol. The molecule has 2 N–H and O–H groups in total. The Morgan fingerprint density at radius 3 is 2.68 bits per heavy atom. The average Bonchev–Trinajstić information content (AvgIpc) is 2.47. The molecule has 0 radical (unpaired) electrons. The molecule has 98 valence electrons. The summed E-state index contributed by atoms with van der Waals surface area (Å²) in [6.45, 7) is 0.909. The minimum Gasteiger partial charge on any atom is -0.486 e. The maximum absolute atomic E-state index is 6.25. The molecule has 2 aromatic rings. The molecule has 3 nitrogen and oxygen atoms in total. The van der Waals surface area contributed by atoms with Crippen LogP contribution < -0.4 is 15.2 Å². The van der Waals surface area contributed by atoms with Gasteiger partial charge in [0.05, 0.1) is 0 Å². The standard InChI is InChI=1S/C15H14ClNO2/c16-13-6-2-1-4-11(13)12-5-3-7-14-15(12)19-10(8-17)9-18-14/h1-7,10H,8-9,17H2/t10-/m0/s1. The molecular formula is C15H14ClNO2. The second-order valence-electron chi connectivity index (χ2n) is 4.40. The van der Waals surface area contributed by atoms with E-state index in [0.717, 1.165) is 22.6 Å². The minimum absolute atomic E-state index is 0.115. The van der Waals surface area contributed by atoms with Crippen LogP contribution in [0.4, 0.5) is 0 Å². The van der Waals surface area contributed by atoms with E-state index in [2.05, 4.69) is 0 Å². The van der Waals surface area contributed by atoms with Gasteiger partial charge >= 0.3 is 0 Å². The van der Waals surface area contributed by atoms with E-state index in [0.29, 0.717) is 18.2 Å². The Kier molecular flexibility index (Phi) is 3.32. The first-order valence-corrected chi connectivity index (χ1v) is 6.55. The van der Waals surface area contributed by atoms with Crippen molar-refractivity contribution < 1.29 is 9.47 Å². The van der Waals surface area contributed by atoms with E-state index in [-0.39, 0.29) is 6.10 Å². The van der Waals surface area contributed by atoms with Crippen molar-refractivity contribution in [3.05, 3.63) is 47.5 Å². The summed E-state index contributed by atoms with van der Waals surface area (Å²) in [5.41, 5.74) is 7.51. The second-order valence-corrected chi connectivity index (χ2v) is 4.81. The summed E-state index contributed by atoms with van der Waals surface area (Å²) in [5.74, 6) is 1.46. The van der Waals surface area contributed by atoms with Gasteiger partial charge in [0.2, 0.25) is 0 Å². The summed E-state index contributed by atoms with van der Waals surface area (Å²) in [6.07, 6.45) is -0.115. The molecule has 0 unspecified atom stereocenters. The molecule has 3 rings (SSSR count). The highest BCUT2D eigenvalue weighted by Crippen LogP contribution is 2.42. The molecule has 1 aliphatic heterocycles. The fourth-order valence-electron chi connectivity index (χ4n) is 2.14. The Balaban J connectivity index is 2.11. The number of ether oxygens (including phenoxy) is 2. The van der Waals surface area contributed by atoms with Gasteiger partial charge in [0.1, 0.15) is 12.7 Å². The lowest BCUT2D eigenvalue weighted by molar-refractivity contribution is 0.0976. The summed E-state index contributed by atoms with van der Waals surface area (Å²) in [4.78, 5) is 0. The SMILES string of the molecule is NC[C@H]1COc2cccc(-c3ccccc3Cl)c2O1. The van der Waals surface area contributed by atoms with Crippen LogP contribution in [0, 0.1) is 0 Å². The molecule has 0 amide bonds. The maximum atomic E-state index is 6.25. The van der Waals surface area contributed by atoms with E-state index in [9.17, 15) is 0 Å². The van der Waals surface area contributed by atoms with Crippen LogP contribution in [-0.4, -0.2) is 19.3 Å². The predicted octanol–water partition coefficient (Wildman–Crippen LogP) is 3.11. The summed E-state index contributed by atoms with van der Waals surface area (Å²) < 4.78 is 11.6. The maximum Gasteiger partial charge on any atom is 0.169 e. The zero-order chi connectivity index (χ0) is 13.2. The lowest BCUT2D eigenvalue weighted by Gasteiger charge is -2.27. The largest absolute Gasteiger partial charge is 0.486 e. The molecular weight excluding hydrogens is 262 g/mol. The molecule has 0 spiro atoms. The van der Waals surface area contributed by atoms with Gasteiger partial charge in [-0.15, -0.1) is 0 Å². The highest BCUT2D eigenvalue weighted by molar-refractivity contribution is 6.33. The van der Waals surface area contributed by atoms with Crippen LogP contribution in [0.3, 0.4) is 0 Å². The number of hydrogen-bond donors (Lipinski definition) is 1. The van der Waals surface area contributed by atoms with Crippen LogP contribution in [0.2, 0.25) is 5.02 Å². The normalized spacial score (nSPS) is 17.3. The van der Waals surface area contributed by atoms with Gasteiger partial charge in [0.15, 0.2) is 11.5 Å². The minimum atomic E-state index is -0.115. The van der Waals surface area contributed by atoms with Crippen molar-refractivity contribution in [2.24, 2.45) is 5.73 Å². The quantitative estimate of drug-likeness (QED) is 0.916. The number of benzene rings is 2.